The second-order valence-electron chi connectivity index (χ2n) is 7.18. The van der Waals surface area contributed by atoms with Crippen LogP contribution < -0.4 is 15.0 Å². The van der Waals surface area contributed by atoms with Gasteiger partial charge in [-0.25, -0.2) is 4.98 Å². The smallest absolute Gasteiger partial charge is 0.203 e. The predicted molar refractivity (Wildman–Crippen MR) is 98.5 cm³/mol. The highest BCUT2D eigenvalue weighted by molar-refractivity contribution is 5.64. The molecule has 2 aliphatic rings. The van der Waals surface area contributed by atoms with Gasteiger partial charge in [-0.2, -0.15) is 0 Å². The van der Waals surface area contributed by atoms with E-state index in [1.165, 1.54) is 5.56 Å². The molecule has 7 heteroatoms. The normalized spacial score (nSPS) is 19.2. The maximum absolute atomic E-state index is 6.52. The molecule has 1 N–H and O–H groups in total. The van der Waals surface area contributed by atoms with Gasteiger partial charge in [0, 0.05) is 57.0 Å². The monoisotopic (exact) mass is 350 g/mol. The largest absolute Gasteiger partial charge is 0.485 e. The van der Waals surface area contributed by atoms with Crippen LogP contribution in [-0.4, -0.2) is 44.8 Å². The average Bonchev–Trinajstić information content (AvgIpc) is 2.95. The minimum Gasteiger partial charge on any atom is -0.485 e. The third kappa shape index (κ3) is 2.50. The molecule has 2 aliphatic heterocycles. The van der Waals surface area contributed by atoms with Crippen molar-refractivity contribution < 1.29 is 4.74 Å². The second-order valence-corrected chi connectivity index (χ2v) is 7.18. The standard InChI is InChI=1S/C19H22N6O/c1-14-22-23-18-17(21-8-11-25(14)18)24-9-6-19(7-10-24)13-20-12-15-4-2-3-5-16(15)26-19/h2-5,8,11,20H,6-7,9-10,12-13H2,1H3. The van der Waals surface area contributed by atoms with Gasteiger partial charge in [-0.3, -0.25) is 4.40 Å². The fourth-order valence-electron chi connectivity index (χ4n) is 4.00. The number of fused-ring (bicyclic) bond motifs is 2. The van der Waals surface area contributed by atoms with Gasteiger partial charge in [0.15, 0.2) is 5.82 Å². The molecule has 3 aromatic rings. The van der Waals surface area contributed by atoms with Crippen molar-refractivity contribution in [2.75, 3.05) is 24.5 Å². The third-order valence-electron chi connectivity index (χ3n) is 5.51. The number of benzene rings is 1. The number of anilines is 1. The predicted octanol–water partition coefficient (Wildman–Crippen LogP) is 1.95. The first-order valence-electron chi connectivity index (χ1n) is 9.13. The number of hydrogen-bond acceptors (Lipinski definition) is 6. The molecule has 1 spiro atoms. The van der Waals surface area contributed by atoms with Gasteiger partial charge in [0.25, 0.3) is 0 Å². The Morgan fingerprint density at radius 2 is 2.00 bits per heavy atom. The molecule has 1 saturated heterocycles. The lowest BCUT2D eigenvalue weighted by molar-refractivity contribution is 0.0482. The fraction of sp³-hybridized carbons (Fsp3) is 0.421. The topological polar surface area (TPSA) is 67.6 Å². The first kappa shape index (κ1) is 15.6. The Balaban J connectivity index is 1.39. The molecular weight excluding hydrogens is 328 g/mol. The van der Waals surface area contributed by atoms with E-state index in [9.17, 15) is 0 Å². The number of piperidine rings is 1. The summed E-state index contributed by atoms with van der Waals surface area (Å²) >= 11 is 0. The van der Waals surface area contributed by atoms with Crippen LogP contribution in [0.1, 0.15) is 24.2 Å². The summed E-state index contributed by atoms with van der Waals surface area (Å²) in [6.07, 6.45) is 5.63. The van der Waals surface area contributed by atoms with Gasteiger partial charge >= 0.3 is 0 Å². The van der Waals surface area contributed by atoms with Crippen LogP contribution in [0.15, 0.2) is 36.7 Å². The Bertz CT molecular complexity index is 944. The molecule has 0 unspecified atom stereocenters. The Hall–Kier alpha value is -2.67. The highest BCUT2D eigenvalue weighted by Gasteiger charge is 2.39. The van der Waals surface area contributed by atoms with Crippen molar-refractivity contribution in [3.63, 3.8) is 0 Å². The van der Waals surface area contributed by atoms with Crippen LogP contribution in [0.2, 0.25) is 0 Å². The van der Waals surface area contributed by atoms with E-state index in [1.807, 2.05) is 29.8 Å². The summed E-state index contributed by atoms with van der Waals surface area (Å²) < 4.78 is 8.51. The molecule has 5 rings (SSSR count). The van der Waals surface area contributed by atoms with Crippen molar-refractivity contribution in [3.8, 4) is 5.75 Å². The molecule has 0 bridgehead atoms. The number of rotatable bonds is 1. The van der Waals surface area contributed by atoms with Crippen LogP contribution in [0.4, 0.5) is 5.82 Å². The Morgan fingerprint density at radius 1 is 1.15 bits per heavy atom. The van der Waals surface area contributed by atoms with Crippen LogP contribution in [0.25, 0.3) is 5.65 Å². The lowest BCUT2D eigenvalue weighted by Crippen LogP contribution is -2.53. The molecular formula is C19H22N6O. The van der Waals surface area contributed by atoms with Crippen molar-refractivity contribution in [1.82, 2.24) is 24.9 Å². The van der Waals surface area contributed by atoms with Gasteiger partial charge < -0.3 is 15.0 Å². The summed E-state index contributed by atoms with van der Waals surface area (Å²) in [7, 11) is 0. The summed E-state index contributed by atoms with van der Waals surface area (Å²) in [6, 6.07) is 8.33. The minimum atomic E-state index is -0.155. The van der Waals surface area contributed by atoms with Gasteiger partial charge in [-0.1, -0.05) is 18.2 Å². The van der Waals surface area contributed by atoms with Gasteiger partial charge in [-0.05, 0) is 13.0 Å². The van der Waals surface area contributed by atoms with E-state index < -0.39 is 0 Å². The lowest BCUT2D eigenvalue weighted by Gasteiger charge is -2.41. The average molecular weight is 350 g/mol. The molecule has 0 aliphatic carbocycles. The molecule has 0 radical (unpaired) electrons. The molecule has 1 fully saturated rings. The van der Waals surface area contributed by atoms with Gasteiger partial charge in [0.2, 0.25) is 5.65 Å². The number of ether oxygens (including phenoxy) is 1. The SMILES string of the molecule is Cc1nnc2c(N3CCC4(CC3)CNCc3ccccc3O4)nccn12. The highest BCUT2D eigenvalue weighted by Crippen LogP contribution is 2.34. The van der Waals surface area contributed by atoms with Crippen LogP contribution in [0.3, 0.4) is 0 Å². The maximum Gasteiger partial charge on any atom is 0.203 e. The second kappa shape index (κ2) is 5.95. The first-order chi connectivity index (χ1) is 12.7. The number of nitrogens with zero attached hydrogens (tertiary/aromatic N) is 5. The summed E-state index contributed by atoms with van der Waals surface area (Å²) in [5.74, 6) is 2.80. The molecule has 134 valence electrons. The quantitative estimate of drug-likeness (QED) is 0.724. The molecule has 2 aromatic heterocycles. The van der Waals surface area contributed by atoms with E-state index in [0.717, 1.165) is 62.1 Å². The highest BCUT2D eigenvalue weighted by atomic mass is 16.5. The van der Waals surface area contributed by atoms with Crippen LogP contribution in [-0.2, 0) is 6.54 Å². The number of para-hydroxylation sites is 1. The summed E-state index contributed by atoms with van der Waals surface area (Å²) in [4.78, 5) is 6.88. The Kier molecular flexibility index (Phi) is 3.56. The van der Waals surface area contributed by atoms with E-state index >= 15 is 0 Å². The lowest BCUT2D eigenvalue weighted by atomic mass is 9.91. The minimum absolute atomic E-state index is 0.155. The molecule has 26 heavy (non-hydrogen) atoms. The van der Waals surface area contributed by atoms with E-state index in [2.05, 4.69) is 43.6 Å². The number of aryl methyl sites for hydroxylation is 1. The molecule has 0 atom stereocenters. The first-order valence-corrected chi connectivity index (χ1v) is 9.13. The van der Waals surface area contributed by atoms with E-state index in [0.29, 0.717) is 0 Å². The third-order valence-corrected chi connectivity index (χ3v) is 5.51. The number of hydrogen-bond donors (Lipinski definition) is 1. The van der Waals surface area contributed by atoms with Crippen molar-refractivity contribution in [1.29, 1.82) is 0 Å². The van der Waals surface area contributed by atoms with Crippen molar-refractivity contribution in [3.05, 3.63) is 48.0 Å². The molecule has 0 saturated carbocycles. The zero-order valence-electron chi connectivity index (χ0n) is 14.9. The summed E-state index contributed by atoms with van der Waals surface area (Å²) in [5, 5.41) is 12.1. The Labute approximate surface area is 152 Å². The zero-order chi connectivity index (χ0) is 17.6. The van der Waals surface area contributed by atoms with Gasteiger partial charge in [0.1, 0.15) is 17.2 Å². The van der Waals surface area contributed by atoms with Crippen LogP contribution in [0.5, 0.6) is 5.75 Å². The van der Waals surface area contributed by atoms with Crippen molar-refractivity contribution >= 4 is 11.5 Å². The number of nitrogens with one attached hydrogen (secondary N) is 1. The summed E-state index contributed by atoms with van der Waals surface area (Å²) in [5.41, 5.74) is 1.90. The maximum atomic E-state index is 6.52. The number of aromatic nitrogens is 4. The molecule has 0 amide bonds. The van der Waals surface area contributed by atoms with E-state index in [1.54, 1.807) is 0 Å². The zero-order valence-corrected chi connectivity index (χ0v) is 14.9. The fourth-order valence-corrected chi connectivity index (χ4v) is 4.00. The summed E-state index contributed by atoms with van der Waals surface area (Å²) in [6.45, 7) is 5.47. The van der Waals surface area contributed by atoms with Crippen LogP contribution >= 0.6 is 0 Å². The van der Waals surface area contributed by atoms with Crippen LogP contribution in [0, 0.1) is 6.92 Å². The van der Waals surface area contributed by atoms with E-state index in [4.69, 9.17) is 4.74 Å². The molecule has 1 aromatic carbocycles. The Morgan fingerprint density at radius 3 is 2.88 bits per heavy atom. The van der Waals surface area contributed by atoms with Gasteiger partial charge in [0.05, 0.1) is 0 Å². The van der Waals surface area contributed by atoms with E-state index in [-0.39, 0.29) is 5.60 Å². The molecule has 4 heterocycles. The van der Waals surface area contributed by atoms with Gasteiger partial charge in [-0.15, -0.1) is 10.2 Å². The van der Waals surface area contributed by atoms with Crippen molar-refractivity contribution in [2.24, 2.45) is 0 Å². The van der Waals surface area contributed by atoms with Crippen molar-refractivity contribution in [2.45, 2.75) is 31.9 Å². The molecule has 7 nitrogen and oxygen atoms in total.